The van der Waals surface area contributed by atoms with Crippen LogP contribution < -0.4 is 14.8 Å². The van der Waals surface area contributed by atoms with Gasteiger partial charge < -0.3 is 19.5 Å². The van der Waals surface area contributed by atoms with E-state index in [0.717, 1.165) is 30.0 Å². The third kappa shape index (κ3) is 3.01. The Morgan fingerprint density at radius 1 is 1.16 bits per heavy atom. The largest absolute Gasteiger partial charge is 0.493 e. The summed E-state index contributed by atoms with van der Waals surface area (Å²) >= 11 is 0. The summed E-state index contributed by atoms with van der Waals surface area (Å²) in [6.07, 6.45) is 3.67. The van der Waals surface area contributed by atoms with Crippen molar-refractivity contribution in [3.8, 4) is 11.5 Å². The van der Waals surface area contributed by atoms with E-state index in [0.29, 0.717) is 12.6 Å². The first kappa shape index (κ1) is 14.2. The van der Waals surface area contributed by atoms with E-state index in [2.05, 4.69) is 11.4 Å². The van der Waals surface area contributed by atoms with Crippen molar-refractivity contribution in [2.45, 2.75) is 31.9 Å². The van der Waals surface area contributed by atoms with E-state index < -0.39 is 0 Å². The predicted molar refractivity (Wildman–Crippen MR) is 74.9 cm³/mol. The van der Waals surface area contributed by atoms with E-state index in [1.165, 1.54) is 18.4 Å². The van der Waals surface area contributed by atoms with Crippen LogP contribution in [0.25, 0.3) is 0 Å². The lowest BCUT2D eigenvalue weighted by atomic mass is 9.93. The monoisotopic (exact) mass is 265 g/mol. The Balaban J connectivity index is 2.40. The number of nitrogens with one attached hydrogen (secondary N) is 1. The summed E-state index contributed by atoms with van der Waals surface area (Å²) in [6.45, 7) is 1.61. The highest BCUT2D eigenvalue weighted by molar-refractivity contribution is 5.51. The van der Waals surface area contributed by atoms with Gasteiger partial charge in [-0.05, 0) is 31.0 Å². The molecule has 1 saturated heterocycles. The zero-order valence-electron chi connectivity index (χ0n) is 12.0. The normalized spacial score (nSPS) is 19.2. The molecule has 0 saturated carbocycles. The highest BCUT2D eigenvalue weighted by atomic mass is 16.5. The Morgan fingerprint density at radius 2 is 2.00 bits per heavy atom. The molecule has 4 nitrogen and oxygen atoms in total. The molecule has 1 unspecified atom stereocenters. The maximum absolute atomic E-state index is 5.52. The molecule has 1 aliphatic rings. The molecule has 0 aromatic heterocycles. The lowest BCUT2D eigenvalue weighted by Gasteiger charge is -2.27. The summed E-state index contributed by atoms with van der Waals surface area (Å²) in [5.41, 5.74) is 2.35. The minimum Gasteiger partial charge on any atom is -0.493 e. The SMILES string of the molecule is COCc1c(C2CCCCN2)ccc(OC)c1OC. The fourth-order valence-electron chi connectivity index (χ4n) is 2.74. The molecule has 1 aliphatic heterocycles. The van der Waals surface area contributed by atoms with Gasteiger partial charge in [-0.2, -0.15) is 0 Å². The molecule has 1 aromatic carbocycles. The van der Waals surface area contributed by atoms with E-state index in [1.807, 2.05) is 6.07 Å². The van der Waals surface area contributed by atoms with Crippen molar-refractivity contribution in [1.29, 1.82) is 0 Å². The second-order valence-electron chi connectivity index (χ2n) is 4.80. The zero-order valence-corrected chi connectivity index (χ0v) is 12.0. The second kappa shape index (κ2) is 6.78. The topological polar surface area (TPSA) is 39.7 Å². The van der Waals surface area contributed by atoms with E-state index in [4.69, 9.17) is 14.2 Å². The third-order valence-corrected chi connectivity index (χ3v) is 3.66. The molecule has 1 heterocycles. The van der Waals surface area contributed by atoms with Crippen LogP contribution in [-0.2, 0) is 11.3 Å². The molecule has 0 radical (unpaired) electrons. The first-order chi connectivity index (χ1) is 9.31. The van der Waals surface area contributed by atoms with Crippen LogP contribution in [-0.4, -0.2) is 27.9 Å². The van der Waals surface area contributed by atoms with E-state index in [1.54, 1.807) is 21.3 Å². The van der Waals surface area contributed by atoms with Crippen molar-refractivity contribution in [3.05, 3.63) is 23.3 Å². The molecule has 0 spiro atoms. The van der Waals surface area contributed by atoms with Crippen molar-refractivity contribution in [3.63, 3.8) is 0 Å². The lowest BCUT2D eigenvalue weighted by molar-refractivity contribution is 0.179. The Labute approximate surface area is 115 Å². The fraction of sp³-hybridized carbons (Fsp3) is 0.600. The second-order valence-corrected chi connectivity index (χ2v) is 4.80. The number of piperidine rings is 1. The Hall–Kier alpha value is -1.26. The van der Waals surface area contributed by atoms with Gasteiger partial charge in [-0.15, -0.1) is 0 Å². The van der Waals surface area contributed by atoms with Crippen LogP contribution in [0.1, 0.15) is 36.4 Å². The number of ether oxygens (including phenoxy) is 3. The van der Waals surface area contributed by atoms with Crippen LogP contribution in [0.2, 0.25) is 0 Å². The van der Waals surface area contributed by atoms with Gasteiger partial charge in [-0.3, -0.25) is 0 Å². The molecule has 0 bridgehead atoms. The van der Waals surface area contributed by atoms with Crippen molar-refractivity contribution >= 4 is 0 Å². The number of methoxy groups -OCH3 is 3. The smallest absolute Gasteiger partial charge is 0.166 e. The van der Waals surface area contributed by atoms with Gasteiger partial charge >= 0.3 is 0 Å². The van der Waals surface area contributed by atoms with E-state index in [-0.39, 0.29) is 0 Å². The first-order valence-electron chi connectivity index (χ1n) is 6.78. The van der Waals surface area contributed by atoms with Gasteiger partial charge in [0.1, 0.15) is 0 Å². The quantitative estimate of drug-likeness (QED) is 0.888. The zero-order chi connectivity index (χ0) is 13.7. The summed E-state index contributed by atoms with van der Waals surface area (Å²) in [5.74, 6) is 1.54. The van der Waals surface area contributed by atoms with Crippen molar-refractivity contribution in [1.82, 2.24) is 5.32 Å². The molecule has 106 valence electrons. The molecular weight excluding hydrogens is 242 g/mol. The number of benzene rings is 1. The van der Waals surface area contributed by atoms with Crippen LogP contribution in [0, 0.1) is 0 Å². The maximum atomic E-state index is 5.52. The first-order valence-corrected chi connectivity index (χ1v) is 6.78. The van der Waals surface area contributed by atoms with Gasteiger partial charge in [0.05, 0.1) is 20.8 Å². The highest BCUT2D eigenvalue weighted by Gasteiger charge is 2.22. The van der Waals surface area contributed by atoms with Gasteiger partial charge in [0.2, 0.25) is 0 Å². The van der Waals surface area contributed by atoms with E-state index in [9.17, 15) is 0 Å². The summed E-state index contributed by atoms with van der Waals surface area (Å²) in [7, 11) is 5.04. The van der Waals surface area contributed by atoms with Crippen molar-refractivity contribution < 1.29 is 14.2 Å². The summed E-state index contributed by atoms with van der Waals surface area (Å²) in [6, 6.07) is 4.49. The molecule has 1 fully saturated rings. The van der Waals surface area contributed by atoms with Crippen LogP contribution in [0.4, 0.5) is 0 Å². The summed E-state index contributed by atoms with van der Waals surface area (Å²) in [4.78, 5) is 0. The molecule has 1 aromatic rings. The van der Waals surface area contributed by atoms with Gasteiger partial charge in [0.25, 0.3) is 0 Å². The Kier molecular flexibility index (Phi) is 5.05. The standard InChI is InChI=1S/C15H23NO3/c1-17-10-12-11(13-6-4-5-9-16-13)7-8-14(18-2)15(12)19-3/h7-8,13,16H,4-6,9-10H2,1-3H3. The summed E-state index contributed by atoms with van der Waals surface area (Å²) in [5, 5.41) is 3.57. The van der Waals surface area contributed by atoms with Crippen LogP contribution >= 0.6 is 0 Å². The average molecular weight is 265 g/mol. The maximum Gasteiger partial charge on any atom is 0.166 e. The van der Waals surface area contributed by atoms with Gasteiger partial charge in [-0.1, -0.05) is 12.5 Å². The van der Waals surface area contributed by atoms with E-state index >= 15 is 0 Å². The predicted octanol–water partition coefficient (Wildman–Crippen LogP) is 2.66. The van der Waals surface area contributed by atoms with Crippen molar-refractivity contribution in [2.24, 2.45) is 0 Å². The van der Waals surface area contributed by atoms with Crippen LogP contribution in [0.5, 0.6) is 11.5 Å². The number of rotatable bonds is 5. The number of hydrogen-bond donors (Lipinski definition) is 1. The minimum atomic E-state index is 0.388. The Morgan fingerprint density at radius 3 is 2.58 bits per heavy atom. The average Bonchev–Trinajstić information content (AvgIpc) is 2.48. The Bertz CT molecular complexity index is 414. The van der Waals surface area contributed by atoms with Gasteiger partial charge in [0.15, 0.2) is 11.5 Å². The molecule has 19 heavy (non-hydrogen) atoms. The lowest BCUT2D eigenvalue weighted by Crippen LogP contribution is -2.27. The van der Waals surface area contributed by atoms with Crippen LogP contribution in [0.15, 0.2) is 12.1 Å². The van der Waals surface area contributed by atoms with Crippen LogP contribution in [0.3, 0.4) is 0 Å². The van der Waals surface area contributed by atoms with Crippen molar-refractivity contribution in [2.75, 3.05) is 27.9 Å². The third-order valence-electron chi connectivity index (χ3n) is 3.66. The molecular formula is C15H23NO3. The summed E-state index contributed by atoms with van der Waals surface area (Å²) < 4.78 is 16.2. The van der Waals surface area contributed by atoms with Gasteiger partial charge in [0, 0.05) is 18.7 Å². The molecule has 1 N–H and O–H groups in total. The highest BCUT2D eigenvalue weighted by Crippen LogP contribution is 2.38. The molecule has 1 atom stereocenters. The molecule has 0 aliphatic carbocycles. The number of hydrogen-bond acceptors (Lipinski definition) is 4. The van der Waals surface area contributed by atoms with Gasteiger partial charge in [-0.25, -0.2) is 0 Å². The molecule has 4 heteroatoms. The fourth-order valence-corrected chi connectivity index (χ4v) is 2.74. The molecule has 2 rings (SSSR count). The minimum absolute atomic E-state index is 0.388. The molecule has 0 amide bonds.